The van der Waals surface area contributed by atoms with Gasteiger partial charge in [-0.2, -0.15) is 0 Å². The molecule has 0 aliphatic carbocycles. The minimum atomic E-state index is -0.372. The standard InChI is InChI=1S/C11H18N2O3/c1-4-7-13-11(15)9(3)12-8-6-10(14)16-5-2/h1,9,12H,5-8H2,2-3H3,(H,13,15). The molecule has 0 spiro atoms. The molecular weight excluding hydrogens is 208 g/mol. The van der Waals surface area contributed by atoms with Gasteiger partial charge in [0.25, 0.3) is 0 Å². The number of ether oxygens (including phenoxy) is 1. The summed E-state index contributed by atoms with van der Waals surface area (Å²) < 4.78 is 4.74. The van der Waals surface area contributed by atoms with Gasteiger partial charge in [-0.25, -0.2) is 0 Å². The van der Waals surface area contributed by atoms with Gasteiger partial charge >= 0.3 is 5.97 Å². The Morgan fingerprint density at radius 1 is 1.50 bits per heavy atom. The minimum absolute atomic E-state index is 0.179. The molecule has 16 heavy (non-hydrogen) atoms. The van der Waals surface area contributed by atoms with Crippen LogP contribution in [-0.4, -0.2) is 37.6 Å². The van der Waals surface area contributed by atoms with Crippen molar-refractivity contribution in [3.05, 3.63) is 0 Å². The zero-order valence-corrected chi connectivity index (χ0v) is 9.71. The van der Waals surface area contributed by atoms with Crippen molar-refractivity contribution < 1.29 is 14.3 Å². The number of esters is 1. The van der Waals surface area contributed by atoms with Gasteiger partial charge in [0.15, 0.2) is 0 Å². The summed E-state index contributed by atoms with van der Waals surface area (Å²) >= 11 is 0. The van der Waals surface area contributed by atoms with Crippen LogP contribution in [0.5, 0.6) is 0 Å². The Morgan fingerprint density at radius 2 is 2.19 bits per heavy atom. The summed E-state index contributed by atoms with van der Waals surface area (Å²) in [6.07, 6.45) is 5.25. The lowest BCUT2D eigenvalue weighted by molar-refractivity contribution is -0.143. The topological polar surface area (TPSA) is 67.4 Å². The fraction of sp³-hybridized carbons (Fsp3) is 0.636. The van der Waals surface area contributed by atoms with Crippen molar-refractivity contribution in [1.82, 2.24) is 10.6 Å². The number of hydrogen-bond acceptors (Lipinski definition) is 4. The Morgan fingerprint density at radius 3 is 2.75 bits per heavy atom. The summed E-state index contributed by atoms with van der Waals surface area (Å²) in [4.78, 5) is 22.3. The zero-order chi connectivity index (χ0) is 12.4. The van der Waals surface area contributed by atoms with E-state index in [2.05, 4.69) is 16.6 Å². The summed E-state index contributed by atoms with van der Waals surface area (Å²) in [6, 6.07) is -0.372. The van der Waals surface area contributed by atoms with E-state index in [0.29, 0.717) is 13.2 Å². The number of hydrogen-bond donors (Lipinski definition) is 2. The van der Waals surface area contributed by atoms with Crippen molar-refractivity contribution in [3.63, 3.8) is 0 Å². The van der Waals surface area contributed by atoms with Gasteiger partial charge in [0.2, 0.25) is 5.91 Å². The Balaban J connectivity index is 3.64. The molecule has 0 aromatic carbocycles. The van der Waals surface area contributed by atoms with Gasteiger partial charge in [-0.1, -0.05) is 5.92 Å². The highest BCUT2D eigenvalue weighted by atomic mass is 16.5. The second kappa shape index (κ2) is 8.74. The van der Waals surface area contributed by atoms with Crippen LogP contribution >= 0.6 is 0 Å². The van der Waals surface area contributed by atoms with Crippen LogP contribution in [0.3, 0.4) is 0 Å². The summed E-state index contributed by atoms with van der Waals surface area (Å²) in [5.74, 6) is 1.86. The molecule has 0 bridgehead atoms. The normalized spacial score (nSPS) is 11.3. The summed E-state index contributed by atoms with van der Waals surface area (Å²) in [5.41, 5.74) is 0. The number of nitrogens with one attached hydrogen (secondary N) is 2. The van der Waals surface area contributed by atoms with Crippen LogP contribution in [0.1, 0.15) is 20.3 Å². The Hall–Kier alpha value is -1.54. The van der Waals surface area contributed by atoms with Crippen molar-refractivity contribution in [2.75, 3.05) is 19.7 Å². The van der Waals surface area contributed by atoms with Crippen LogP contribution in [0.2, 0.25) is 0 Å². The van der Waals surface area contributed by atoms with Crippen molar-refractivity contribution in [2.45, 2.75) is 26.3 Å². The molecule has 0 saturated heterocycles. The van der Waals surface area contributed by atoms with Crippen LogP contribution in [-0.2, 0) is 14.3 Å². The van der Waals surface area contributed by atoms with E-state index in [1.54, 1.807) is 13.8 Å². The predicted molar refractivity (Wildman–Crippen MR) is 60.6 cm³/mol. The smallest absolute Gasteiger partial charge is 0.307 e. The number of carbonyl (C=O) groups excluding carboxylic acids is 2. The summed E-state index contributed by atoms with van der Waals surface area (Å²) in [7, 11) is 0. The molecule has 0 radical (unpaired) electrons. The fourth-order valence-corrected chi connectivity index (χ4v) is 1.01. The lowest BCUT2D eigenvalue weighted by Gasteiger charge is -2.12. The molecule has 0 saturated carbocycles. The third kappa shape index (κ3) is 6.85. The van der Waals surface area contributed by atoms with Gasteiger partial charge in [0.05, 0.1) is 25.6 Å². The SMILES string of the molecule is C#CCNC(=O)C(C)NCCC(=O)OCC. The number of rotatable bonds is 7. The molecular formula is C11H18N2O3. The maximum absolute atomic E-state index is 11.3. The number of amides is 1. The minimum Gasteiger partial charge on any atom is -0.466 e. The summed E-state index contributed by atoms with van der Waals surface area (Å²) in [5, 5.41) is 5.44. The van der Waals surface area contributed by atoms with Crippen molar-refractivity contribution >= 4 is 11.9 Å². The molecule has 0 heterocycles. The lowest BCUT2D eigenvalue weighted by Crippen LogP contribution is -2.43. The first kappa shape index (κ1) is 14.5. The van der Waals surface area contributed by atoms with Crippen LogP contribution < -0.4 is 10.6 Å². The molecule has 1 amide bonds. The van der Waals surface area contributed by atoms with Crippen LogP contribution in [0.25, 0.3) is 0 Å². The van der Waals surface area contributed by atoms with E-state index in [4.69, 9.17) is 11.2 Å². The average Bonchev–Trinajstić information content (AvgIpc) is 2.26. The molecule has 0 aromatic heterocycles. The van der Waals surface area contributed by atoms with E-state index in [0.717, 1.165) is 0 Å². The lowest BCUT2D eigenvalue weighted by atomic mass is 10.3. The van der Waals surface area contributed by atoms with Crippen molar-refractivity contribution in [1.29, 1.82) is 0 Å². The van der Waals surface area contributed by atoms with Gasteiger partial charge in [-0.3, -0.25) is 9.59 Å². The van der Waals surface area contributed by atoms with Crippen LogP contribution in [0, 0.1) is 12.3 Å². The Labute approximate surface area is 95.9 Å². The molecule has 0 aromatic rings. The maximum atomic E-state index is 11.3. The second-order valence-electron chi connectivity index (χ2n) is 3.15. The molecule has 0 aliphatic heterocycles. The molecule has 5 heteroatoms. The van der Waals surface area contributed by atoms with Crippen molar-refractivity contribution in [3.8, 4) is 12.3 Å². The third-order valence-electron chi connectivity index (χ3n) is 1.84. The monoisotopic (exact) mass is 226 g/mol. The molecule has 0 rings (SSSR count). The van der Waals surface area contributed by atoms with Gasteiger partial charge < -0.3 is 15.4 Å². The quantitative estimate of drug-likeness (QED) is 0.460. The van der Waals surface area contributed by atoms with Gasteiger partial charge in [0.1, 0.15) is 0 Å². The van der Waals surface area contributed by atoms with Gasteiger partial charge in [0, 0.05) is 6.54 Å². The van der Waals surface area contributed by atoms with E-state index >= 15 is 0 Å². The van der Waals surface area contributed by atoms with Crippen LogP contribution in [0.15, 0.2) is 0 Å². The fourth-order valence-electron chi connectivity index (χ4n) is 1.01. The molecule has 1 unspecified atom stereocenters. The first-order valence-electron chi connectivity index (χ1n) is 5.22. The van der Waals surface area contributed by atoms with E-state index in [9.17, 15) is 9.59 Å². The number of carbonyl (C=O) groups is 2. The number of terminal acetylenes is 1. The second-order valence-corrected chi connectivity index (χ2v) is 3.15. The first-order valence-corrected chi connectivity index (χ1v) is 5.22. The first-order chi connectivity index (χ1) is 7.61. The largest absolute Gasteiger partial charge is 0.466 e. The summed E-state index contributed by atoms with van der Waals surface area (Å²) in [6.45, 7) is 4.45. The molecule has 5 nitrogen and oxygen atoms in total. The van der Waals surface area contributed by atoms with Crippen molar-refractivity contribution in [2.24, 2.45) is 0 Å². The third-order valence-corrected chi connectivity index (χ3v) is 1.84. The molecule has 0 fully saturated rings. The van der Waals surface area contributed by atoms with Gasteiger partial charge in [-0.15, -0.1) is 6.42 Å². The van der Waals surface area contributed by atoms with E-state index < -0.39 is 0 Å². The van der Waals surface area contributed by atoms with Gasteiger partial charge in [-0.05, 0) is 13.8 Å². The average molecular weight is 226 g/mol. The highest BCUT2D eigenvalue weighted by molar-refractivity contribution is 5.81. The highest BCUT2D eigenvalue weighted by Crippen LogP contribution is 1.87. The highest BCUT2D eigenvalue weighted by Gasteiger charge is 2.11. The molecule has 90 valence electrons. The van der Waals surface area contributed by atoms with E-state index in [-0.39, 0.29) is 30.9 Å². The molecule has 2 N–H and O–H groups in total. The molecule has 1 atom stereocenters. The maximum Gasteiger partial charge on any atom is 0.307 e. The Kier molecular flexibility index (Phi) is 7.90. The Bertz CT molecular complexity index is 271. The van der Waals surface area contributed by atoms with E-state index in [1.807, 2.05) is 0 Å². The van der Waals surface area contributed by atoms with Crippen LogP contribution in [0.4, 0.5) is 0 Å². The predicted octanol–water partition coefficient (Wildman–Crippen LogP) is -0.333. The van der Waals surface area contributed by atoms with E-state index in [1.165, 1.54) is 0 Å². The zero-order valence-electron chi connectivity index (χ0n) is 9.71. The molecule has 0 aliphatic rings.